The summed E-state index contributed by atoms with van der Waals surface area (Å²) in [5, 5.41) is 5.39. The highest BCUT2D eigenvalue weighted by molar-refractivity contribution is 6.40. The van der Waals surface area contributed by atoms with E-state index in [4.69, 9.17) is 4.74 Å². The number of benzene rings is 2. The SMILES string of the molecule is CCCCOC(=O)c1ccccc1NC(=O)C(=O)NC(CC)c1ccc2c(c1)CCCC2. The van der Waals surface area contributed by atoms with Crippen LogP contribution in [0.3, 0.4) is 0 Å². The third kappa shape index (κ3) is 5.96. The van der Waals surface area contributed by atoms with Crippen LogP contribution in [0.4, 0.5) is 5.69 Å². The van der Waals surface area contributed by atoms with Crippen LogP contribution in [-0.4, -0.2) is 24.4 Å². The van der Waals surface area contributed by atoms with Crippen LogP contribution in [0, 0.1) is 0 Å². The normalized spacial score (nSPS) is 13.6. The fourth-order valence-electron chi connectivity index (χ4n) is 3.95. The molecule has 32 heavy (non-hydrogen) atoms. The van der Waals surface area contributed by atoms with Gasteiger partial charge in [0.15, 0.2) is 0 Å². The predicted octanol–water partition coefficient (Wildman–Crippen LogP) is 4.73. The first-order valence-corrected chi connectivity index (χ1v) is 11.5. The Morgan fingerprint density at radius 3 is 2.47 bits per heavy atom. The van der Waals surface area contributed by atoms with Crippen LogP contribution >= 0.6 is 0 Å². The first-order valence-electron chi connectivity index (χ1n) is 11.5. The number of fused-ring (bicyclic) bond motifs is 1. The van der Waals surface area contributed by atoms with Gasteiger partial charge in [-0.15, -0.1) is 0 Å². The zero-order valence-corrected chi connectivity index (χ0v) is 18.9. The van der Waals surface area contributed by atoms with Crippen LogP contribution in [-0.2, 0) is 27.2 Å². The van der Waals surface area contributed by atoms with E-state index in [1.807, 2.05) is 19.9 Å². The van der Waals surface area contributed by atoms with Gasteiger partial charge in [-0.2, -0.15) is 0 Å². The molecule has 0 saturated carbocycles. The number of hydrogen-bond acceptors (Lipinski definition) is 4. The Hall–Kier alpha value is -3.15. The summed E-state index contributed by atoms with van der Waals surface area (Å²) in [6.07, 6.45) is 6.90. The van der Waals surface area contributed by atoms with Crippen LogP contribution in [0.5, 0.6) is 0 Å². The molecule has 3 rings (SSSR count). The van der Waals surface area contributed by atoms with Crippen LogP contribution in [0.25, 0.3) is 0 Å². The van der Waals surface area contributed by atoms with Gasteiger partial charge in [0, 0.05) is 0 Å². The molecule has 0 heterocycles. The maximum absolute atomic E-state index is 12.6. The van der Waals surface area contributed by atoms with Crippen molar-refractivity contribution in [2.45, 2.75) is 64.8 Å². The molecule has 2 aromatic rings. The van der Waals surface area contributed by atoms with Gasteiger partial charge in [-0.3, -0.25) is 9.59 Å². The second-order valence-electron chi connectivity index (χ2n) is 8.16. The van der Waals surface area contributed by atoms with Crippen molar-refractivity contribution in [2.24, 2.45) is 0 Å². The average molecular weight is 437 g/mol. The van der Waals surface area contributed by atoms with E-state index in [0.717, 1.165) is 31.2 Å². The predicted molar refractivity (Wildman–Crippen MR) is 125 cm³/mol. The molecule has 2 aromatic carbocycles. The Labute approximate surface area is 189 Å². The van der Waals surface area contributed by atoms with Crippen molar-refractivity contribution >= 4 is 23.5 Å². The van der Waals surface area contributed by atoms with E-state index in [1.165, 1.54) is 24.0 Å². The number of aryl methyl sites for hydroxylation is 2. The highest BCUT2D eigenvalue weighted by Crippen LogP contribution is 2.26. The highest BCUT2D eigenvalue weighted by atomic mass is 16.5. The number of carbonyl (C=O) groups is 3. The first-order chi connectivity index (χ1) is 15.5. The van der Waals surface area contributed by atoms with E-state index in [-0.39, 0.29) is 17.3 Å². The molecule has 0 aliphatic heterocycles. The standard InChI is InChI=1S/C26H32N2O4/c1-3-5-16-32-26(31)21-12-8-9-13-23(21)28-25(30)24(29)27-22(4-2)20-15-14-18-10-6-7-11-19(18)17-20/h8-9,12-15,17,22H,3-7,10-11,16H2,1-2H3,(H,27,29)(H,28,30). The lowest BCUT2D eigenvalue weighted by molar-refractivity contribution is -0.136. The number of hydrogen-bond donors (Lipinski definition) is 2. The summed E-state index contributed by atoms with van der Waals surface area (Å²) >= 11 is 0. The number of carbonyl (C=O) groups excluding carboxylic acids is 3. The lowest BCUT2D eigenvalue weighted by Gasteiger charge is -2.21. The third-order valence-electron chi connectivity index (χ3n) is 5.82. The minimum absolute atomic E-state index is 0.228. The molecule has 0 fully saturated rings. The van der Waals surface area contributed by atoms with Gasteiger partial charge in [0.25, 0.3) is 0 Å². The van der Waals surface area contributed by atoms with E-state index in [2.05, 4.69) is 22.8 Å². The molecule has 170 valence electrons. The monoisotopic (exact) mass is 436 g/mol. The van der Waals surface area contributed by atoms with Crippen molar-refractivity contribution in [3.8, 4) is 0 Å². The van der Waals surface area contributed by atoms with Crippen molar-refractivity contribution in [2.75, 3.05) is 11.9 Å². The van der Waals surface area contributed by atoms with E-state index in [1.54, 1.807) is 24.3 Å². The summed E-state index contributed by atoms with van der Waals surface area (Å²) < 4.78 is 5.25. The minimum atomic E-state index is -0.810. The summed E-state index contributed by atoms with van der Waals surface area (Å²) in [7, 11) is 0. The first kappa shape index (κ1) is 23.5. The molecule has 6 heteroatoms. The van der Waals surface area contributed by atoms with E-state index in [0.29, 0.717) is 13.0 Å². The molecule has 1 aliphatic carbocycles. The lowest BCUT2D eigenvalue weighted by Crippen LogP contribution is -2.38. The number of amides is 2. The number of rotatable bonds is 8. The van der Waals surface area contributed by atoms with Crippen molar-refractivity contribution in [3.63, 3.8) is 0 Å². The fraction of sp³-hybridized carbons (Fsp3) is 0.423. The molecular weight excluding hydrogens is 404 g/mol. The molecule has 0 spiro atoms. The Kier molecular flexibility index (Phi) is 8.42. The Morgan fingerprint density at radius 2 is 1.72 bits per heavy atom. The van der Waals surface area contributed by atoms with Gasteiger partial charge in [-0.05, 0) is 67.3 Å². The summed E-state index contributed by atoms with van der Waals surface area (Å²) in [4.78, 5) is 37.6. The van der Waals surface area contributed by atoms with E-state index < -0.39 is 17.8 Å². The molecule has 0 radical (unpaired) electrons. The largest absolute Gasteiger partial charge is 0.462 e. The third-order valence-corrected chi connectivity index (χ3v) is 5.82. The number of unbranched alkanes of at least 4 members (excludes halogenated alkanes) is 1. The molecule has 0 saturated heterocycles. The second-order valence-corrected chi connectivity index (χ2v) is 8.16. The number of nitrogens with one attached hydrogen (secondary N) is 2. The van der Waals surface area contributed by atoms with Crippen molar-refractivity contribution < 1.29 is 19.1 Å². The van der Waals surface area contributed by atoms with E-state index in [9.17, 15) is 14.4 Å². The molecule has 1 atom stereocenters. The van der Waals surface area contributed by atoms with Crippen LogP contribution in [0.15, 0.2) is 42.5 Å². The average Bonchev–Trinajstić information content (AvgIpc) is 2.82. The fourth-order valence-corrected chi connectivity index (χ4v) is 3.95. The molecule has 2 amide bonds. The maximum atomic E-state index is 12.6. The number of esters is 1. The van der Waals surface area contributed by atoms with Crippen molar-refractivity contribution in [1.82, 2.24) is 5.32 Å². The molecule has 2 N–H and O–H groups in total. The quantitative estimate of drug-likeness (QED) is 0.356. The zero-order chi connectivity index (χ0) is 22.9. The molecule has 1 unspecified atom stereocenters. The molecule has 6 nitrogen and oxygen atoms in total. The van der Waals surface area contributed by atoms with Crippen molar-refractivity contribution in [1.29, 1.82) is 0 Å². The van der Waals surface area contributed by atoms with E-state index >= 15 is 0 Å². The second kappa shape index (κ2) is 11.5. The summed E-state index contributed by atoms with van der Waals surface area (Å²) in [6.45, 7) is 4.30. The number of para-hydroxylation sites is 1. The lowest BCUT2D eigenvalue weighted by atomic mass is 9.89. The molecule has 1 aliphatic rings. The number of anilines is 1. The summed E-state index contributed by atoms with van der Waals surface area (Å²) in [5.74, 6) is -2.06. The topological polar surface area (TPSA) is 84.5 Å². The van der Waals surface area contributed by atoms with Gasteiger partial charge in [-0.1, -0.05) is 50.6 Å². The van der Waals surface area contributed by atoms with Gasteiger partial charge in [0.1, 0.15) is 0 Å². The van der Waals surface area contributed by atoms with Gasteiger partial charge in [0.05, 0.1) is 23.9 Å². The van der Waals surface area contributed by atoms with Crippen LogP contribution in [0.1, 0.15) is 79.0 Å². The van der Waals surface area contributed by atoms with Gasteiger partial charge < -0.3 is 15.4 Å². The number of ether oxygens (including phenoxy) is 1. The Morgan fingerprint density at radius 1 is 0.969 bits per heavy atom. The highest BCUT2D eigenvalue weighted by Gasteiger charge is 2.22. The molecule has 0 aromatic heterocycles. The van der Waals surface area contributed by atoms with Crippen LogP contribution in [0.2, 0.25) is 0 Å². The molecular formula is C26H32N2O4. The maximum Gasteiger partial charge on any atom is 0.340 e. The van der Waals surface area contributed by atoms with Crippen LogP contribution < -0.4 is 10.6 Å². The Balaban J connectivity index is 1.66. The molecule has 0 bridgehead atoms. The van der Waals surface area contributed by atoms with Crippen molar-refractivity contribution in [3.05, 3.63) is 64.7 Å². The van der Waals surface area contributed by atoms with Gasteiger partial charge in [-0.25, -0.2) is 4.79 Å². The smallest absolute Gasteiger partial charge is 0.340 e. The Bertz CT molecular complexity index is 970. The van der Waals surface area contributed by atoms with Gasteiger partial charge >= 0.3 is 17.8 Å². The minimum Gasteiger partial charge on any atom is -0.462 e. The van der Waals surface area contributed by atoms with Gasteiger partial charge in [0.2, 0.25) is 0 Å². The summed E-state index contributed by atoms with van der Waals surface area (Å²) in [6, 6.07) is 12.6. The zero-order valence-electron chi connectivity index (χ0n) is 18.9. The summed E-state index contributed by atoms with van der Waals surface area (Å²) in [5.41, 5.74) is 4.21.